The monoisotopic (exact) mass is 387 g/mol. The van der Waals surface area contributed by atoms with Gasteiger partial charge in [0, 0.05) is 30.9 Å². The van der Waals surface area contributed by atoms with Crippen molar-refractivity contribution < 1.29 is 12.8 Å². The highest BCUT2D eigenvalue weighted by atomic mass is 32.2. The average Bonchev–Trinajstić information content (AvgIpc) is 3.13. The van der Waals surface area contributed by atoms with Gasteiger partial charge in [0.2, 0.25) is 15.9 Å². The second kappa shape index (κ2) is 7.89. The van der Waals surface area contributed by atoms with Gasteiger partial charge in [0.1, 0.15) is 6.26 Å². The van der Waals surface area contributed by atoms with E-state index in [-0.39, 0.29) is 17.0 Å². The molecule has 0 radical (unpaired) electrons. The predicted octanol–water partition coefficient (Wildman–Crippen LogP) is 2.58. The molecule has 8 heteroatoms. The quantitative estimate of drug-likeness (QED) is 0.622. The second-order valence-electron chi connectivity index (χ2n) is 5.93. The maximum Gasteiger partial charge on any atom is 0.250 e. The lowest BCUT2D eigenvalue weighted by atomic mass is 10.2. The summed E-state index contributed by atoms with van der Waals surface area (Å²) in [5.74, 6) is 0.450. The smallest absolute Gasteiger partial charge is 0.250 e. The number of pyridine rings is 1. The summed E-state index contributed by atoms with van der Waals surface area (Å²) in [6, 6.07) is 12.0. The number of sulfonamides is 1. The van der Waals surface area contributed by atoms with E-state index in [4.69, 9.17) is 4.42 Å². The van der Waals surface area contributed by atoms with E-state index in [0.29, 0.717) is 24.7 Å². The SMILES string of the molecule is CCN(CC)S(=O)(=O)c1ccc(=O)n(Cc2coc(-c3ccccc3)n2)c1. The average molecular weight is 387 g/mol. The molecule has 7 nitrogen and oxygen atoms in total. The molecule has 2 heterocycles. The Morgan fingerprint density at radius 1 is 1.07 bits per heavy atom. The van der Waals surface area contributed by atoms with E-state index in [9.17, 15) is 13.2 Å². The Labute approximate surface area is 157 Å². The number of oxazole rings is 1. The number of benzene rings is 1. The van der Waals surface area contributed by atoms with Crippen molar-refractivity contribution >= 4 is 10.0 Å². The minimum absolute atomic E-state index is 0.0811. The van der Waals surface area contributed by atoms with Crippen LogP contribution in [0.4, 0.5) is 0 Å². The van der Waals surface area contributed by atoms with Gasteiger partial charge in [-0.15, -0.1) is 0 Å². The van der Waals surface area contributed by atoms with Gasteiger partial charge in [-0.1, -0.05) is 32.0 Å². The summed E-state index contributed by atoms with van der Waals surface area (Å²) >= 11 is 0. The molecular weight excluding hydrogens is 366 g/mol. The first kappa shape index (κ1) is 19.1. The van der Waals surface area contributed by atoms with Gasteiger partial charge in [0.25, 0.3) is 5.56 Å². The van der Waals surface area contributed by atoms with E-state index >= 15 is 0 Å². The highest BCUT2D eigenvalue weighted by Gasteiger charge is 2.22. The van der Waals surface area contributed by atoms with E-state index in [0.717, 1.165) is 5.56 Å². The summed E-state index contributed by atoms with van der Waals surface area (Å²) in [6.07, 6.45) is 2.83. The summed E-state index contributed by atoms with van der Waals surface area (Å²) in [6.45, 7) is 4.40. The fourth-order valence-electron chi connectivity index (χ4n) is 2.77. The lowest BCUT2D eigenvalue weighted by Gasteiger charge is -2.18. The third kappa shape index (κ3) is 4.01. The van der Waals surface area contributed by atoms with Gasteiger partial charge in [0.15, 0.2) is 0 Å². The summed E-state index contributed by atoms with van der Waals surface area (Å²) in [5.41, 5.74) is 1.06. The molecule has 1 aromatic carbocycles. The predicted molar refractivity (Wildman–Crippen MR) is 102 cm³/mol. The van der Waals surface area contributed by atoms with Crippen molar-refractivity contribution in [3.8, 4) is 11.5 Å². The molecule has 0 fully saturated rings. The Morgan fingerprint density at radius 3 is 2.44 bits per heavy atom. The van der Waals surface area contributed by atoms with Crippen LogP contribution in [-0.4, -0.2) is 35.4 Å². The zero-order valence-electron chi connectivity index (χ0n) is 15.2. The van der Waals surface area contributed by atoms with E-state index in [1.807, 2.05) is 30.3 Å². The van der Waals surface area contributed by atoms with Gasteiger partial charge < -0.3 is 8.98 Å². The molecule has 142 valence electrons. The van der Waals surface area contributed by atoms with Crippen molar-refractivity contribution in [3.63, 3.8) is 0 Å². The summed E-state index contributed by atoms with van der Waals surface area (Å²) < 4.78 is 33.5. The van der Waals surface area contributed by atoms with Crippen molar-refractivity contribution in [1.29, 1.82) is 0 Å². The first-order chi connectivity index (χ1) is 13.0. The molecule has 0 aliphatic carbocycles. The molecule has 27 heavy (non-hydrogen) atoms. The molecule has 0 unspecified atom stereocenters. The van der Waals surface area contributed by atoms with Gasteiger partial charge in [-0.25, -0.2) is 13.4 Å². The molecule has 2 aromatic heterocycles. The molecule has 0 spiro atoms. The standard InChI is InChI=1S/C19H21N3O4S/c1-3-22(4-2)27(24,25)17-10-11-18(23)21(13-17)12-16-14-26-19(20-16)15-8-6-5-7-9-15/h5-11,13-14H,3-4,12H2,1-2H3. The highest BCUT2D eigenvalue weighted by molar-refractivity contribution is 7.89. The largest absolute Gasteiger partial charge is 0.444 e. The van der Waals surface area contributed by atoms with Gasteiger partial charge >= 0.3 is 0 Å². The molecular formula is C19H21N3O4S. The van der Waals surface area contributed by atoms with Crippen LogP contribution in [0.25, 0.3) is 11.5 Å². The van der Waals surface area contributed by atoms with Crippen LogP contribution >= 0.6 is 0 Å². The zero-order valence-corrected chi connectivity index (χ0v) is 16.0. The summed E-state index contributed by atoms with van der Waals surface area (Å²) in [5, 5.41) is 0. The van der Waals surface area contributed by atoms with Gasteiger partial charge in [-0.3, -0.25) is 4.79 Å². The molecule has 0 atom stereocenters. The maximum atomic E-state index is 12.7. The van der Waals surface area contributed by atoms with Crippen LogP contribution in [-0.2, 0) is 16.6 Å². The molecule has 0 N–H and O–H groups in total. The van der Waals surface area contributed by atoms with E-state index < -0.39 is 10.0 Å². The third-order valence-corrected chi connectivity index (χ3v) is 6.24. The van der Waals surface area contributed by atoms with Crippen molar-refractivity contribution in [2.24, 2.45) is 0 Å². The van der Waals surface area contributed by atoms with Crippen molar-refractivity contribution in [1.82, 2.24) is 13.9 Å². The van der Waals surface area contributed by atoms with E-state index in [1.54, 1.807) is 13.8 Å². The van der Waals surface area contributed by atoms with Crippen molar-refractivity contribution in [2.75, 3.05) is 13.1 Å². The number of aromatic nitrogens is 2. The second-order valence-corrected chi connectivity index (χ2v) is 7.87. The summed E-state index contributed by atoms with van der Waals surface area (Å²) in [7, 11) is -3.64. The van der Waals surface area contributed by atoms with Crippen LogP contribution in [0.3, 0.4) is 0 Å². The van der Waals surface area contributed by atoms with Crippen molar-refractivity contribution in [2.45, 2.75) is 25.3 Å². The zero-order chi connectivity index (χ0) is 19.4. The molecule has 0 saturated carbocycles. The Hall–Kier alpha value is -2.71. The highest BCUT2D eigenvalue weighted by Crippen LogP contribution is 2.19. The van der Waals surface area contributed by atoms with Crippen LogP contribution in [0.1, 0.15) is 19.5 Å². The number of rotatable bonds is 7. The minimum Gasteiger partial charge on any atom is -0.444 e. The Morgan fingerprint density at radius 2 is 1.78 bits per heavy atom. The van der Waals surface area contributed by atoms with Crippen LogP contribution in [0.2, 0.25) is 0 Å². The molecule has 3 rings (SSSR count). The van der Waals surface area contributed by atoms with E-state index in [1.165, 1.54) is 33.5 Å². The van der Waals surface area contributed by atoms with Gasteiger partial charge in [0.05, 0.1) is 17.1 Å². The van der Waals surface area contributed by atoms with Crippen LogP contribution in [0, 0.1) is 0 Å². The Kier molecular flexibility index (Phi) is 5.57. The lowest BCUT2D eigenvalue weighted by Crippen LogP contribution is -2.32. The number of hydrogen-bond acceptors (Lipinski definition) is 5. The minimum atomic E-state index is -3.64. The van der Waals surface area contributed by atoms with Crippen LogP contribution in [0.5, 0.6) is 0 Å². The van der Waals surface area contributed by atoms with Gasteiger partial charge in [-0.2, -0.15) is 4.31 Å². The molecule has 0 saturated heterocycles. The fourth-order valence-corrected chi connectivity index (χ4v) is 4.24. The Bertz CT molecular complexity index is 1070. The van der Waals surface area contributed by atoms with Crippen LogP contribution < -0.4 is 5.56 Å². The fraction of sp³-hybridized carbons (Fsp3) is 0.263. The molecule has 0 amide bonds. The summed E-state index contributed by atoms with van der Waals surface area (Å²) in [4.78, 5) is 16.7. The molecule has 3 aromatic rings. The van der Waals surface area contributed by atoms with Crippen molar-refractivity contribution in [3.05, 3.63) is 71.0 Å². The normalized spacial score (nSPS) is 11.8. The number of nitrogens with zero attached hydrogens (tertiary/aromatic N) is 3. The van der Waals surface area contributed by atoms with Crippen LogP contribution in [0.15, 0.2) is 69.0 Å². The topological polar surface area (TPSA) is 85.4 Å². The molecule has 0 aliphatic rings. The molecule has 0 aliphatic heterocycles. The van der Waals surface area contributed by atoms with E-state index in [2.05, 4.69) is 4.98 Å². The Balaban J connectivity index is 1.90. The number of hydrogen-bond donors (Lipinski definition) is 0. The molecule has 0 bridgehead atoms. The first-order valence-corrected chi connectivity index (χ1v) is 10.1. The first-order valence-electron chi connectivity index (χ1n) is 8.66. The van der Waals surface area contributed by atoms with Gasteiger partial charge in [-0.05, 0) is 18.2 Å². The lowest BCUT2D eigenvalue weighted by molar-refractivity contribution is 0.444. The third-order valence-electron chi connectivity index (χ3n) is 4.20. The maximum absolute atomic E-state index is 12.7.